The van der Waals surface area contributed by atoms with Crippen molar-refractivity contribution in [3.63, 3.8) is 0 Å². The van der Waals surface area contributed by atoms with Crippen LogP contribution in [0.5, 0.6) is 0 Å². The zero-order valence-electron chi connectivity index (χ0n) is 15.0. The molecule has 0 heterocycles. The summed E-state index contributed by atoms with van der Waals surface area (Å²) in [7, 11) is -0.712. The fourth-order valence-corrected chi connectivity index (χ4v) is 15.7. The molecule has 0 amide bonds. The molecule has 0 aromatic rings. The van der Waals surface area contributed by atoms with E-state index in [9.17, 15) is 0 Å². The highest BCUT2D eigenvalue weighted by atomic mass is 32.2. The highest BCUT2D eigenvalue weighted by Crippen LogP contribution is 2.21. The molecule has 0 N–H and O–H groups in total. The second-order valence-corrected chi connectivity index (χ2v) is 22.7. The Labute approximate surface area is 134 Å². The molecule has 122 valence electrons. The van der Waals surface area contributed by atoms with E-state index in [0.717, 1.165) is 5.38 Å². The number of thioether (sulfide) groups is 1. The van der Waals surface area contributed by atoms with E-state index in [2.05, 4.69) is 50.1 Å². The Bertz CT molecular complexity index is 262. The molecule has 0 saturated carbocycles. The summed E-state index contributed by atoms with van der Waals surface area (Å²) < 4.78 is 13.9. The van der Waals surface area contributed by atoms with E-state index >= 15 is 0 Å². The Morgan fingerprint density at radius 2 is 1.30 bits per heavy atom. The summed E-state index contributed by atoms with van der Waals surface area (Å²) in [6, 6.07) is 0. The summed E-state index contributed by atoms with van der Waals surface area (Å²) in [6.45, 7) is 18.2. The maximum atomic E-state index is 5.52. The van der Waals surface area contributed by atoms with Crippen LogP contribution in [-0.4, -0.2) is 61.2 Å². The van der Waals surface area contributed by atoms with Crippen molar-refractivity contribution in [2.45, 2.75) is 52.2 Å². The first-order valence-electron chi connectivity index (χ1n) is 7.42. The number of rotatable bonds is 10. The average molecular weight is 354 g/mol. The van der Waals surface area contributed by atoms with Crippen LogP contribution in [-0.2, 0) is 8.85 Å². The van der Waals surface area contributed by atoms with Crippen LogP contribution in [0.2, 0.25) is 45.8 Å². The highest BCUT2D eigenvalue weighted by Gasteiger charge is 2.33. The SMILES string of the molecule is CO[Si](C)(CSCCCN([Si](C)(C)C)[Si](C)(C)C)OC. The van der Waals surface area contributed by atoms with Crippen LogP contribution in [0, 0.1) is 0 Å². The van der Waals surface area contributed by atoms with Gasteiger partial charge in [0.15, 0.2) is 0 Å². The molecule has 0 aromatic heterocycles. The number of hydrogen-bond donors (Lipinski definition) is 0. The predicted octanol–water partition coefficient (Wildman–Crippen LogP) is 3.99. The van der Waals surface area contributed by atoms with E-state index in [1.54, 1.807) is 14.2 Å². The van der Waals surface area contributed by atoms with Gasteiger partial charge in [-0.3, -0.25) is 0 Å². The second-order valence-electron chi connectivity index (χ2n) is 7.44. The first-order chi connectivity index (χ1) is 8.96. The highest BCUT2D eigenvalue weighted by molar-refractivity contribution is 8.00. The molecule has 0 saturated heterocycles. The maximum absolute atomic E-state index is 5.52. The summed E-state index contributed by atoms with van der Waals surface area (Å²) in [5.74, 6) is 1.21. The average Bonchev–Trinajstić information content (AvgIpc) is 2.30. The minimum absolute atomic E-state index is 1.03. The Kier molecular flexibility index (Phi) is 8.87. The van der Waals surface area contributed by atoms with Crippen molar-refractivity contribution in [1.82, 2.24) is 4.23 Å². The molecule has 0 spiro atoms. The van der Waals surface area contributed by atoms with Gasteiger partial charge in [0.2, 0.25) is 0 Å². The van der Waals surface area contributed by atoms with Crippen molar-refractivity contribution in [3.05, 3.63) is 0 Å². The Morgan fingerprint density at radius 1 is 0.850 bits per heavy atom. The molecule has 7 heteroatoms. The van der Waals surface area contributed by atoms with E-state index in [1.165, 1.54) is 18.7 Å². The van der Waals surface area contributed by atoms with Gasteiger partial charge in [-0.25, -0.2) is 0 Å². The fourth-order valence-electron chi connectivity index (χ4n) is 2.46. The Balaban J connectivity index is 4.16. The van der Waals surface area contributed by atoms with Crippen LogP contribution in [0.3, 0.4) is 0 Å². The van der Waals surface area contributed by atoms with Gasteiger partial charge in [-0.05, 0) is 25.3 Å². The van der Waals surface area contributed by atoms with Crippen molar-refractivity contribution < 1.29 is 8.85 Å². The lowest BCUT2D eigenvalue weighted by atomic mass is 10.5. The molecule has 3 nitrogen and oxygen atoms in total. The second kappa shape index (κ2) is 8.50. The molecular weight excluding hydrogens is 318 g/mol. The van der Waals surface area contributed by atoms with Crippen molar-refractivity contribution in [1.29, 1.82) is 0 Å². The van der Waals surface area contributed by atoms with Gasteiger partial charge in [0.05, 0.1) is 0 Å². The molecule has 0 atom stereocenters. The van der Waals surface area contributed by atoms with Crippen LogP contribution >= 0.6 is 11.8 Å². The number of nitrogens with zero attached hydrogens (tertiary/aromatic N) is 1. The Morgan fingerprint density at radius 3 is 1.65 bits per heavy atom. The van der Waals surface area contributed by atoms with Gasteiger partial charge >= 0.3 is 8.56 Å². The molecule has 0 rings (SSSR count). The molecule has 0 bridgehead atoms. The summed E-state index contributed by atoms with van der Waals surface area (Å²) in [5.41, 5.74) is 0. The molecule has 0 aliphatic heterocycles. The third-order valence-corrected chi connectivity index (χ3v) is 16.4. The summed E-state index contributed by atoms with van der Waals surface area (Å²) in [5, 5.41) is 1.03. The maximum Gasteiger partial charge on any atom is 0.344 e. The van der Waals surface area contributed by atoms with Gasteiger partial charge < -0.3 is 13.1 Å². The van der Waals surface area contributed by atoms with Crippen molar-refractivity contribution in [2.75, 3.05) is 31.9 Å². The molecule has 20 heavy (non-hydrogen) atoms. The molecule has 0 aromatic carbocycles. The van der Waals surface area contributed by atoms with Gasteiger partial charge in [-0.15, -0.1) is 0 Å². The van der Waals surface area contributed by atoms with Gasteiger partial charge in [0.25, 0.3) is 0 Å². The lowest BCUT2D eigenvalue weighted by Gasteiger charge is -2.43. The first-order valence-corrected chi connectivity index (χ1v) is 18.0. The topological polar surface area (TPSA) is 21.7 Å². The minimum atomic E-state index is -1.88. The van der Waals surface area contributed by atoms with Crippen LogP contribution in [0.4, 0.5) is 0 Å². The molecule has 0 radical (unpaired) electrons. The van der Waals surface area contributed by atoms with E-state index < -0.39 is 25.0 Å². The van der Waals surface area contributed by atoms with Crippen LogP contribution < -0.4 is 0 Å². The summed E-state index contributed by atoms with van der Waals surface area (Å²) >= 11 is 1.99. The van der Waals surface area contributed by atoms with Crippen LogP contribution in [0.15, 0.2) is 0 Å². The normalized spacial score (nSPS) is 14.1. The molecular formula is C13H35NO2SSi3. The third kappa shape index (κ3) is 7.77. The van der Waals surface area contributed by atoms with Crippen LogP contribution in [0.25, 0.3) is 0 Å². The fraction of sp³-hybridized carbons (Fsp3) is 1.00. The van der Waals surface area contributed by atoms with Gasteiger partial charge in [-0.1, -0.05) is 39.3 Å². The Hall–Kier alpha value is 0.881. The van der Waals surface area contributed by atoms with Gasteiger partial charge in [-0.2, -0.15) is 11.8 Å². The lowest BCUT2D eigenvalue weighted by Crippen LogP contribution is -2.59. The van der Waals surface area contributed by atoms with Crippen molar-refractivity contribution in [2.24, 2.45) is 0 Å². The zero-order chi connectivity index (χ0) is 16.0. The van der Waals surface area contributed by atoms with E-state index in [0.29, 0.717) is 0 Å². The lowest BCUT2D eigenvalue weighted by molar-refractivity contribution is 0.257. The molecule has 0 aliphatic carbocycles. The van der Waals surface area contributed by atoms with E-state index in [1.807, 2.05) is 11.8 Å². The molecule has 0 aliphatic rings. The van der Waals surface area contributed by atoms with Crippen molar-refractivity contribution in [3.8, 4) is 0 Å². The smallest absolute Gasteiger partial charge is 0.344 e. The van der Waals surface area contributed by atoms with E-state index in [-0.39, 0.29) is 0 Å². The molecule has 0 fully saturated rings. The largest absolute Gasteiger partial charge is 0.397 e. The third-order valence-electron chi connectivity index (χ3n) is 3.52. The quantitative estimate of drug-likeness (QED) is 0.437. The predicted molar refractivity (Wildman–Crippen MR) is 101 cm³/mol. The van der Waals surface area contributed by atoms with Gasteiger partial charge in [0, 0.05) is 19.6 Å². The van der Waals surface area contributed by atoms with Gasteiger partial charge in [0.1, 0.15) is 16.5 Å². The standard InChI is InChI=1S/C13H35NO2SSi3/c1-15-20(9,16-2)13-17-12-10-11-14(18(3,4)5)19(6,7)8/h10-13H2,1-9H3. The minimum Gasteiger partial charge on any atom is -0.397 e. The summed E-state index contributed by atoms with van der Waals surface area (Å²) in [6.07, 6.45) is 1.27. The summed E-state index contributed by atoms with van der Waals surface area (Å²) in [4.78, 5) is 0. The zero-order valence-corrected chi connectivity index (χ0v) is 18.8. The van der Waals surface area contributed by atoms with E-state index in [4.69, 9.17) is 8.85 Å². The van der Waals surface area contributed by atoms with Crippen molar-refractivity contribution >= 4 is 36.8 Å². The molecule has 0 unspecified atom stereocenters. The first kappa shape index (κ1) is 20.9. The monoisotopic (exact) mass is 353 g/mol. The number of hydrogen-bond acceptors (Lipinski definition) is 4. The van der Waals surface area contributed by atoms with Crippen LogP contribution in [0.1, 0.15) is 6.42 Å².